The van der Waals surface area contributed by atoms with Gasteiger partial charge in [-0.1, -0.05) is 23.7 Å². The summed E-state index contributed by atoms with van der Waals surface area (Å²) in [6.07, 6.45) is 1.56. The number of hydrogen-bond donors (Lipinski definition) is 1. The number of methoxy groups -OCH3 is 1. The minimum atomic E-state index is -0.509. The number of hydrogen-bond acceptors (Lipinski definition) is 5. The van der Waals surface area contributed by atoms with Crippen molar-refractivity contribution in [3.8, 4) is 11.8 Å². The van der Waals surface area contributed by atoms with E-state index in [0.29, 0.717) is 29.7 Å². The van der Waals surface area contributed by atoms with Gasteiger partial charge in [0, 0.05) is 29.9 Å². The molecule has 0 aromatic heterocycles. The zero-order valence-electron chi connectivity index (χ0n) is 16.4. The Hall–Kier alpha value is -3.01. The van der Waals surface area contributed by atoms with Crippen molar-refractivity contribution in [1.29, 1.82) is 5.26 Å². The van der Waals surface area contributed by atoms with E-state index in [-0.39, 0.29) is 5.57 Å². The fraction of sp³-hybridized carbons (Fsp3) is 0.273. The minimum Gasteiger partial charge on any atom is -0.495 e. The molecule has 0 unspecified atom stereocenters. The van der Waals surface area contributed by atoms with E-state index >= 15 is 0 Å². The molecular formula is C22H22ClN3O3. The lowest BCUT2D eigenvalue weighted by atomic mass is 10.1. The predicted octanol–water partition coefficient (Wildman–Crippen LogP) is 4.04. The van der Waals surface area contributed by atoms with Gasteiger partial charge in [-0.15, -0.1) is 0 Å². The molecule has 2 aromatic carbocycles. The van der Waals surface area contributed by atoms with Crippen molar-refractivity contribution in [1.82, 2.24) is 0 Å². The number of benzene rings is 2. The number of nitrogens with one attached hydrogen (secondary N) is 1. The van der Waals surface area contributed by atoms with Gasteiger partial charge in [-0.2, -0.15) is 5.26 Å². The zero-order chi connectivity index (χ0) is 20.8. The number of rotatable bonds is 5. The summed E-state index contributed by atoms with van der Waals surface area (Å²) in [4.78, 5) is 14.9. The van der Waals surface area contributed by atoms with Crippen LogP contribution in [0.2, 0.25) is 5.02 Å². The summed E-state index contributed by atoms with van der Waals surface area (Å²) in [6.45, 7) is 4.96. The van der Waals surface area contributed by atoms with Crippen molar-refractivity contribution in [2.75, 3.05) is 43.6 Å². The number of amides is 1. The van der Waals surface area contributed by atoms with Gasteiger partial charge in [0.15, 0.2) is 0 Å². The second-order valence-electron chi connectivity index (χ2n) is 6.62. The highest BCUT2D eigenvalue weighted by atomic mass is 35.5. The quantitative estimate of drug-likeness (QED) is 0.593. The molecule has 1 heterocycles. The van der Waals surface area contributed by atoms with E-state index in [2.05, 4.69) is 10.2 Å². The van der Waals surface area contributed by atoms with Gasteiger partial charge in [-0.25, -0.2) is 0 Å². The Morgan fingerprint density at radius 1 is 1.28 bits per heavy atom. The van der Waals surface area contributed by atoms with Crippen LogP contribution in [0.3, 0.4) is 0 Å². The molecule has 7 heteroatoms. The van der Waals surface area contributed by atoms with Gasteiger partial charge < -0.3 is 19.7 Å². The van der Waals surface area contributed by atoms with Crippen molar-refractivity contribution in [2.45, 2.75) is 6.92 Å². The van der Waals surface area contributed by atoms with Crippen LogP contribution >= 0.6 is 11.6 Å². The summed E-state index contributed by atoms with van der Waals surface area (Å²) < 4.78 is 10.6. The van der Waals surface area contributed by atoms with E-state index in [0.717, 1.165) is 29.9 Å². The number of carbonyl (C=O) groups is 1. The lowest BCUT2D eigenvalue weighted by Gasteiger charge is -2.28. The first-order valence-corrected chi connectivity index (χ1v) is 9.59. The number of halogens is 1. The molecular weight excluding hydrogens is 390 g/mol. The summed E-state index contributed by atoms with van der Waals surface area (Å²) in [5, 5.41) is 12.7. The molecule has 1 N–H and O–H groups in total. The fourth-order valence-electron chi connectivity index (χ4n) is 3.04. The summed E-state index contributed by atoms with van der Waals surface area (Å²) >= 11 is 6.10. The highest BCUT2D eigenvalue weighted by molar-refractivity contribution is 6.31. The first-order chi connectivity index (χ1) is 14.0. The third-order valence-electron chi connectivity index (χ3n) is 4.67. The Labute approximate surface area is 175 Å². The summed E-state index contributed by atoms with van der Waals surface area (Å²) in [7, 11) is 1.49. The average Bonchev–Trinajstić information content (AvgIpc) is 2.75. The average molecular weight is 412 g/mol. The number of nitrogens with zero attached hydrogens (tertiary/aromatic N) is 2. The van der Waals surface area contributed by atoms with Gasteiger partial charge in [-0.3, -0.25) is 4.79 Å². The van der Waals surface area contributed by atoms with Gasteiger partial charge in [0.1, 0.15) is 17.4 Å². The first-order valence-electron chi connectivity index (χ1n) is 9.22. The highest BCUT2D eigenvalue weighted by Crippen LogP contribution is 2.31. The molecule has 2 aromatic rings. The molecule has 1 saturated heterocycles. The number of aryl methyl sites for hydroxylation is 1. The Balaban J connectivity index is 1.76. The van der Waals surface area contributed by atoms with Crippen LogP contribution in [0.15, 0.2) is 42.0 Å². The number of ether oxygens (including phenoxy) is 2. The third kappa shape index (κ3) is 5.08. The van der Waals surface area contributed by atoms with Crippen LogP contribution in [-0.2, 0) is 9.53 Å². The molecule has 0 saturated carbocycles. The van der Waals surface area contributed by atoms with Crippen LogP contribution < -0.4 is 15.0 Å². The maximum Gasteiger partial charge on any atom is 0.266 e. The molecule has 6 nitrogen and oxygen atoms in total. The number of nitriles is 1. The summed E-state index contributed by atoms with van der Waals surface area (Å²) in [5.41, 5.74) is 3.12. The van der Waals surface area contributed by atoms with Crippen molar-refractivity contribution >= 4 is 35.0 Å². The topological polar surface area (TPSA) is 74.6 Å². The number of morpholine rings is 1. The van der Waals surface area contributed by atoms with Crippen LogP contribution in [0, 0.1) is 18.3 Å². The number of anilines is 2. The van der Waals surface area contributed by atoms with Crippen molar-refractivity contribution < 1.29 is 14.3 Å². The van der Waals surface area contributed by atoms with Crippen LogP contribution in [0.1, 0.15) is 11.1 Å². The van der Waals surface area contributed by atoms with Crippen LogP contribution in [0.4, 0.5) is 11.4 Å². The molecule has 0 bridgehead atoms. The standard InChI is InChI=1S/C22H22ClN3O3/c1-15-11-20(21(28-2)13-19(15)23)25-22(27)17(14-24)12-16-3-5-18(6-4-16)26-7-9-29-10-8-26/h3-6,11-13H,7-10H2,1-2H3,(H,25,27)/b17-12+. The number of carbonyl (C=O) groups excluding carboxylic acids is 1. The monoisotopic (exact) mass is 411 g/mol. The highest BCUT2D eigenvalue weighted by Gasteiger charge is 2.15. The van der Waals surface area contributed by atoms with E-state index in [1.807, 2.05) is 37.3 Å². The normalized spacial score (nSPS) is 14.3. The van der Waals surface area contributed by atoms with E-state index < -0.39 is 5.91 Å². The maximum absolute atomic E-state index is 12.6. The Morgan fingerprint density at radius 3 is 2.59 bits per heavy atom. The smallest absolute Gasteiger partial charge is 0.266 e. The molecule has 0 atom stereocenters. The Morgan fingerprint density at radius 2 is 1.97 bits per heavy atom. The van der Waals surface area contributed by atoms with Gasteiger partial charge in [0.05, 0.1) is 26.0 Å². The lowest BCUT2D eigenvalue weighted by molar-refractivity contribution is -0.112. The zero-order valence-corrected chi connectivity index (χ0v) is 17.1. The molecule has 1 fully saturated rings. The predicted molar refractivity (Wildman–Crippen MR) is 114 cm³/mol. The second-order valence-corrected chi connectivity index (χ2v) is 7.02. The first kappa shape index (κ1) is 20.7. The van der Waals surface area contributed by atoms with Gasteiger partial charge in [0.2, 0.25) is 0 Å². The maximum atomic E-state index is 12.6. The van der Waals surface area contributed by atoms with E-state index in [1.165, 1.54) is 7.11 Å². The third-order valence-corrected chi connectivity index (χ3v) is 5.08. The SMILES string of the molecule is COc1cc(Cl)c(C)cc1NC(=O)/C(C#N)=C/c1ccc(N2CCOCC2)cc1. The van der Waals surface area contributed by atoms with Crippen LogP contribution in [0.25, 0.3) is 6.08 Å². The van der Waals surface area contributed by atoms with Gasteiger partial charge in [-0.05, 0) is 42.3 Å². The largest absolute Gasteiger partial charge is 0.495 e. The molecule has 29 heavy (non-hydrogen) atoms. The van der Waals surface area contributed by atoms with E-state index in [9.17, 15) is 10.1 Å². The van der Waals surface area contributed by atoms with Gasteiger partial charge in [0.25, 0.3) is 5.91 Å². The van der Waals surface area contributed by atoms with Crippen LogP contribution in [0.5, 0.6) is 5.75 Å². The molecule has 1 aliphatic rings. The summed E-state index contributed by atoms with van der Waals surface area (Å²) in [5.74, 6) is -0.0779. The molecule has 0 spiro atoms. The van der Waals surface area contributed by atoms with E-state index in [4.69, 9.17) is 21.1 Å². The molecule has 0 radical (unpaired) electrons. The minimum absolute atomic E-state index is 0.00113. The van der Waals surface area contributed by atoms with E-state index in [1.54, 1.807) is 18.2 Å². The molecule has 1 aliphatic heterocycles. The Bertz CT molecular complexity index is 959. The van der Waals surface area contributed by atoms with Crippen LogP contribution in [-0.4, -0.2) is 39.3 Å². The summed E-state index contributed by atoms with van der Waals surface area (Å²) in [6, 6.07) is 13.1. The second kappa shape index (κ2) is 9.46. The van der Waals surface area contributed by atoms with Crippen molar-refractivity contribution in [3.63, 3.8) is 0 Å². The molecule has 3 rings (SSSR count). The molecule has 150 valence electrons. The molecule has 0 aliphatic carbocycles. The Kier molecular flexibility index (Phi) is 6.76. The lowest BCUT2D eigenvalue weighted by Crippen LogP contribution is -2.36. The fourth-order valence-corrected chi connectivity index (χ4v) is 3.19. The molecule has 1 amide bonds. The van der Waals surface area contributed by atoms with Crippen molar-refractivity contribution in [3.05, 3.63) is 58.1 Å². The van der Waals surface area contributed by atoms with Gasteiger partial charge >= 0.3 is 0 Å². The van der Waals surface area contributed by atoms with Crippen molar-refractivity contribution in [2.24, 2.45) is 0 Å².